The molecule has 0 atom stereocenters. The second-order valence-corrected chi connectivity index (χ2v) is 5.89. The highest BCUT2D eigenvalue weighted by molar-refractivity contribution is 5.95. The Labute approximate surface area is 148 Å². The molecule has 2 N–H and O–H groups in total. The molecule has 0 heterocycles. The lowest BCUT2D eigenvalue weighted by Gasteiger charge is -2.13. The highest BCUT2D eigenvalue weighted by Crippen LogP contribution is 2.20. The van der Waals surface area contributed by atoms with E-state index in [-0.39, 0.29) is 25.0 Å². The first-order valence-corrected chi connectivity index (χ1v) is 8.34. The topological polar surface area (TPSA) is 67.4 Å². The summed E-state index contributed by atoms with van der Waals surface area (Å²) in [7, 11) is 0. The predicted octanol–water partition coefficient (Wildman–Crippen LogP) is 3.00. The van der Waals surface area contributed by atoms with E-state index in [1.165, 1.54) is 0 Å². The van der Waals surface area contributed by atoms with Crippen LogP contribution in [0, 0.1) is 13.8 Å². The Bertz CT molecular complexity index is 739. The Morgan fingerprint density at radius 3 is 2.40 bits per heavy atom. The first kappa shape index (κ1) is 18.5. The van der Waals surface area contributed by atoms with Crippen molar-refractivity contribution in [3.63, 3.8) is 0 Å². The lowest BCUT2D eigenvalue weighted by molar-refractivity contribution is -0.125. The molecular weight excluding hydrogens is 316 g/mol. The van der Waals surface area contributed by atoms with Gasteiger partial charge in [-0.3, -0.25) is 9.59 Å². The average molecular weight is 340 g/mol. The van der Waals surface area contributed by atoms with Crippen molar-refractivity contribution in [2.45, 2.75) is 27.2 Å². The monoisotopic (exact) mass is 340 g/mol. The van der Waals surface area contributed by atoms with Crippen molar-refractivity contribution in [3.8, 4) is 5.75 Å². The van der Waals surface area contributed by atoms with E-state index in [2.05, 4.69) is 10.6 Å². The van der Waals surface area contributed by atoms with Gasteiger partial charge in [0.15, 0.2) is 6.61 Å². The van der Waals surface area contributed by atoms with E-state index in [0.29, 0.717) is 5.75 Å². The summed E-state index contributed by atoms with van der Waals surface area (Å²) >= 11 is 0. The van der Waals surface area contributed by atoms with Crippen molar-refractivity contribution >= 4 is 17.5 Å². The lowest BCUT2D eigenvalue weighted by Crippen LogP contribution is -2.36. The fraction of sp³-hybridized carbons (Fsp3) is 0.300. The van der Waals surface area contributed by atoms with Crippen LogP contribution in [0.1, 0.15) is 23.6 Å². The molecule has 2 aromatic carbocycles. The SMILES string of the molecule is CCc1cccc(C)c1NC(=O)CNC(=O)COc1ccc(C)cc1. The van der Waals surface area contributed by atoms with Crippen molar-refractivity contribution in [3.05, 3.63) is 59.2 Å². The number of para-hydroxylation sites is 1. The molecule has 0 saturated carbocycles. The first-order valence-electron chi connectivity index (χ1n) is 8.34. The molecule has 0 saturated heterocycles. The molecule has 0 aliphatic rings. The Morgan fingerprint density at radius 1 is 1.00 bits per heavy atom. The van der Waals surface area contributed by atoms with E-state index in [1.54, 1.807) is 12.1 Å². The van der Waals surface area contributed by atoms with Crippen LogP contribution in [-0.4, -0.2) is 25.0 Å². The molecule has 2 rings (SSSR count). The van der Waals surface area contributed by atoms with Gasteiger partial charge < -0.3 is 15.4 Å². The molecule has 0 aliphatic carbocycles. The minimum absolute atomic E-state index is 0.0897. The highest BCUT2D eigenvalue weighted by Gasteiger charge is 2.10. The predicted molar refractivity (Wildman–Crippen MR) is 98.9 cm³/mol. The quantitative estimate of drug-likeness (QED) is 0.814. The maximum atomic E-state index is 12.1. The van der Waals surface area contributed by atoms with Gasteiger partial charge in [0.2, 0.25) is 5.91 Å². The number of carbonyl (C=O) groups is 2. The lowest BCUT2D eigenvalue weighted by atomic mass is 10.1. The third-order valence-corrected chi connectivity index (χ3v) is 3.84. The number of carbonyl (C=O) groups excluding carboxylic acids is 2. The summed E-state index contributed by atoms with van der Waals surface area (Å²) in [6, 6.07) is 13.3. The zero-order chi connectivity index (χ0) is 18.2. The maximum absolute atomic E-state index is 12.1. The van der Waals surface area contributed by atoms with Crippen molar-refractivity contribution in [2.75, 3.05) is 18.5 Å². The fourth-order valence-corrected chi connectivity index (χ4v) is 2.40. The van der Waals surface area contributed by atoms with E-state index in [1.807, 2.05) is 51.1 Å². The number of anilines is 1. The number of hydrogen-bond donors (Lipinski definition) is 2. The van der Waals surface area contributed by atoms with Gasteiger partial charge in [0.1, 0.15) is 5.75 Å². The highest BCUT2D eigenvalue weighted by atomic mass is 16.5. The Morgan fingerprint density at radius 2 is 1.72 bits per heavy atom. The smallest absolute Gasteiger partial charge is 0.258 e. The molecular formula is C20H24N2O3. The number of hydrogen-bond acceptors (Lipinski definition) is 3. The van der Waals surface area contributed by atoms with Crippen LogP contribution in [0.25, 0.3) is 0 Å². The maximum Gasteiger partial charge on any atom is 0.258 e. The number of ether oxygens (including phenoxy) is 1. The van der Waals surface area contributed by atoms with E-state index in [0.717, 1.165) is 28.8 Å². The van der Waals surface area contributed by atoms with Crippen LogP contribution in [0.3, 0.4) is 0 Å². The normalized spacial score (nSPS) is 10.2. The first-order chi connectivity index (χ1) is 12.0. The van der Waals surface area contributed by atoms with Crippen molar-refractivity contribution in [1.29, 1.82) is 0 Å². The molecule has 0 aromatic heterocycles. The molecule has 0 bridgehead atoms. The zero-order valence-corrected chi connectivity index (χ0v) is 14.9. The van der Waals surface area contributed by atoms with Gasteiger partial charge in [-0.05, 0) is 43.5 Å². The minimum Gasteiger partial charge on any atom is -0.484 e. The van der Waals surface area contributed by atoms with Gasteiger partial charge in [-0.25, -0.2) is 0 Å². The number of amides is 2. The third kappa shape index (κ3) is 5.64. The van der Waals surface area contributed by atoms with E-state index in [9.17, 15) is 9.59 Å². The van der Waals surface area contributed by atoms with E-state index < -0.39 is 0 Å². The van der Waals surface area contributed by atoms with Crippen LogP contribution in [0.15, 0.2) is 42.5 Å². The number of rotatable bonds is 7. The Kier molecular flexibility index (Phi) is 6.57. The minimum atomic E-state index is -0.337. The summed E-state index contributed by atoms with van der Waals surface area (Å²) in [6.45, 7) is 5.75. The van der Waals surface area contributed by atoms with Crippen LogP contribution in [-0.2, 0) is 16.0 Å². The van der Waals surface area contributed by atoms with Crippen molar-refractivity contribution in [2.24, 2.45) is 0 Å². The number of nitrogens with one attached hydrogen (secondary N) is 2. The zero-order valence-electron chi connectivity index (χ0n) is 14.9. The molecule has 25 heavy (non-hydrogen) atoms. The molecule has 2 amide bonds. The average Bonchev–Trinajstić information content (AvgIpc) is 2.61. The van der Waals surface area contributed by atoms with Crippen molar-refractivity contribution in [1.82, 2.24) is 5.32 Å². The van der Waals surface area contributed by atoms with E-state index in [4.69, 9.17) is 4.74 Å². The summed E-state index contributed by atoms with van der Waals surface area (Å²) in [5.74, 6) is 0.0293. The van der Waals surface area contributed by atoms with Crippen molar-refractivity contribution < 1.29 is 14.3 Å². The van der Waals surface area contributed by atoms with Gasteiger partial charge in [0.25, 0.3) is 5.91 Å². The van der Waals surface area contributed by atoms with Crippen LogP contribution in [0.2, 0.25) is 0 Å². The second kappa shape index (κ2) is 8.87. The van der Waals surface area contributed by atoms with Gasteiger partial charge in [-0.15, -0.1) is 0 Å². The van der Waals surface area contributed by atoms with E-state index >= 15 is 0 Å². The second-order valence-electron chi connectivity index (χ2n) is 5.89. The Balaban J connectivity index is 1.80. The summed E-state index contributed by atoms with van der Waals surface area (Å²) in [5.41, 5.74) is 4.01. The van der Waals surface area contributed by atoms with Gasteiger partial charge in [-0.1, -0.05) is 42.8 Å². The van der Waals surface area contributed by atoms with Crippen LogP contribution in [0.4, 0.5) is 5.69 Å². The summed E-state index contributed by atoms with van der Waals surface area (Å²) in [4.78, 5) is 23.9. The number of aryl methyl sites for hydroxylation is 3. The molecule has 0 radical (unpaired) electrons. The fourth-order valence-electron chi connectivity index (χ4n) is 2.40. The molecule has 5 nitrogen and oxygen atoms in total. The summed E-state index contributed by atoms with van der Waals surface area (Å²) in [5, 5.41) is 5.44. The van der Waals surface area contributed by atoms with Gasteiger partial charge in [0, 0.05) is 5.69 Å². The molecule has 5 heteroatoms. The molecule has 0 fully saturated rings. The summed E-state index contributed by atoms with van der Waals surface area (Å²) in [6.07, 6.45) is 0.827. The number of benzene rings is 2. The van der Waals surface area contributed by atoms with Crippen LogP contribution in [0.5, 0.6) is 5.75 Å². The molecule has 0 aliphatic heterocycles. The molecule has 0 unspecified atom stereocenters. The van der Waals surface area contributed by atoms with Gasteiger partial charge >= 0.3 is 0 Å². The standard InChI is InChI=1S/C20H24N2O3/c1-4-16-7-5-6-15(3)20(16)22-18(23)12-21-19(24)13-25-17-10-8-14(2)9-11-17/h5-11H,4,12-13H2,1-3H3,(H,21,24)(H,22,23). The Hall–Kier alpha value is -2.82. The largest absolute Gasteiger partial charge is 0.484 e. The van der Waals surface area contributed by atoms with Gasteiger partial charge in [-0.2, -0.15) is 0 Å². The molecule has 132 valence electrons. The molecule has 2 aromatic rings. The van der Waals surface area contributed by atoms with Crippen LogP contribution < -0.4 is 15.4 Å². The summed E-state index contributed by atoms with van der Waals surface area (Å²) < 4.78 is 5.39. The molecule has 0 spiro atoms. The third-order valence-electron chi connectivity index (χ3n) is 3.84. The van der Waals surface area contributed by atoms with Gasteiger partial charge in [0.05, 0.1) is 6.54 Å². The van der Waals surface area contributed by atoms with Crippen LogP contribution >= 0.6 is 0 Å².